The highest BCUT2D eigenvalue weighted by Gasteiger charge is 2.29. The summed E-state index contributed by atoms with van der Waals surface area (Å²) in [4.78, 5) is 12.0. The van der Waals surface area contributed by atoms with Gasteiger partial charge in [-0.3, -0.25) is 4.79 Å². The second-order valence-electron chi connectivity index (χ2n) is 5.63. The van der Waals surface area contributed by atoms with E-state index in [-0.39, 0.29) is 12.3 Å². The zero-order valence-corrected chi connectivity index (χ0v) is 13.2. The van der Waals surface area contributed by atoms with E-state index >= 15 is 0 Å². The van der Waals surface area contributed by atoms with Gasteiger partial charge >= 0.3 is 6.18 Å². The third-order valence-electron chi connectivity index (χ3n) is 3.74. The van der Waals surface area contributed by atoms with Gasteiger partial charge in [-0.2, -0.15) is 13.2 Å². The molecule has 3 rings (SSSR count). The van der Waals surface area contributed by atoms with E-state index in [9.17, 15) is 18.0 Å². The van der Waals surface area contributed by atoms with Crippen LogP contribution in [0.1, 0.15) is 16.7 Å². The molecule has 25 heavy (non-hydrogen) atoms. The Hall–Kier alpha value is -2.70. The topological polar surface area (TPSA) is 47.6 Å². The highest BCUT2D eigenvalue weighted by molar-refractivity contribution is 5.78. The number of halogens is 3. The molecule has 2 aromatic carbocycles. The van der Waals surface area contributed by atoms with Crippen LogP contribution in [0.5, 0.6) is 11.5 Å². The molecule has 0 atom stereocenters. The Balaban J connectivity index is 1.54. The van der Waals surface area contributed by atoms with Crippen molar-refractivity contribution >= 4 is 5.91 Å². The van der Waals surface area contributed by atoms with E-state index in [1.165, 1.54) is 12.1 Å². The van der Waals surface area contributed by atoms with Crippen molar-refractivity contribution in [3.8, 4) is 11.5 Å². The molecule has 7 heteroatoms. The predicted molar refractivity (Wildman–Crippen MR) is 84.4 cm³/mol. The number of rotatable bonds is 4. The van der Waals surface area contributed by atoms with Gasteiger partial charge in [-0.15, -0.1) is 0 Å². The van der Waals surface area contributed by atoms with Gasteiger partial charge in [0.25, 0.3) is 0 Å². The highest BCUT2D eigenvalue weighted by atomic mass is 19.4. The molecule has 0 saturated heterocycles. The lowest BCUT2D eigenvalue weighted by molar-refractivity contribution is -0.137. The van der Waals surface area contributed by atoms with Crippen molar-refractivity contribution in [3.05, 3.63) is 59.2 Å². The molecule has 132 valence electrons. The number of hydrogen-bond donors (Lipinski definition) is 1. The SMILES string of the molecule is O=C(Cc1ccc(C(F)(F)F)cc1)NCc1ccc2c(c1)OCCO2. The summed E-state index contributed by atoms with van der Waals surface area (Å²) >= 11 is 0. The lowest BCUT2D eigenvalue weighted by Crippen LogP contribution is -2.24. The van der Waals surface area contributed by atoms with E-state index in [2.05, 4.69) is 5.32 Å². The fourth-order valence-corrected chi connectivity index (χ4v) is 2.46. The zero-order valence-electron chi connectivity index (χ0n) is 13.2. The van der Waals surface area contributed by atoms with Crippen molar-refractivity contribution in [2.45, 2.75) is 19.1 Å². The minimum Gasteiger partial charge on any atom is -0.486 e. The van der Waals surface area contributed by atoms with Gasteiger partial charge in [-0.25, -0.2) is 0 Å². The fraction of sp³-hybridized carbons (Fsp3) is 0.278. The summed E-state index contributed by atoms with van der Waals surface area (Å²) in [7, 11) is 0. The van der Waals surface area contributed by atoms with E-state index < -0.39 is 11.7 Å². The molecule has 0 saturated carbocycles. The summed E-state index contributed by atoms with van der Waals surface area (Å²) in [5.41, 5.74) is 0.644. The number of benzene rings is 2. The van der Waals surface area contributed by atoms with Gasteiger partial charge in [-0.05, 0) is 35.4 Å². The summed E-state index contributed by atoms with van der Waals surface area (Å²) in [6, 6.07) is 9.98. The van der Waals surface area contributed by atoms with Gasteiger partial charge in [0.1, 0.15) is 13.2 Å². The number of fused-ring (bicyclic) bond motifs is 1. The van der Waals surface area contributed by atoms with E-state index in [4.69, 9.17) is 9.47 Å². The molecule has 4 nitrogen and oxygen atoms in total. The Labute approximate surface area is 142 Å². The molecule has 2 aromatic rings. The van der Waals surface area contributed by atoms with E-state index in [1.54, 1.807) is 12.1 Å². The van der Waals surface area contributed by atoms with Crippen LogP contribution in [0, 0.1) is 0 Å². The second kappa shape index (κ2) is 7.04. The van der Waals surface area contributed by atoms with Gasteiger partial charge in [0, 0.05) is 6.54 Å². The predicted octanol–water partition coefficient (Wildman–Crippen LogP) is 3.34. The number of amides is 1. The number of hydrogen-bond acceptors (Lipinski definition) is 3. The van der Waals surface area contributed by atoms with Crippen molar-refractivity contribution in [2.75, 3.05) is 13.2 Å². The summed E-state index contributed by atoms with van der Waals surface area (Å²) in [6.45, 7) is 1.29. The van der Waals surface area contributed by atoms with Crippen LogP contribution in [0.3, 0.4) is 0 Å². The van der Waals surface area contributed by atoms with Crippen LogP contribution in [0.4, 0.5) is 13.2 Å². The molecule has 1 amide bonds. The lowest BCUT2D eigenvalue weighted by Gasteiger charge is -2.19. The largest absolute Gasteiger partial charge is 0.486 e. The molecular formula is C18H16F3NO3. The Morgan fingerprint density at radius 2 is 1.60 bits per heavy atom. The van der Waals surface area contributed by atoms with Crippen LogP contribution >= 0.6 is 0 Å². The van der Waals surface area contributed by atoms with Crippen molar-refractivity contribution in [1.82, 2.24) is 5.32 Å². The maximum atomic E-state index is 12.5. The molecule has 0 aromatic heterocycles. The molecule has 1 aliphatic rings. The smallest absolute Gasteiger partial charge is 0.416 e. The van der Waals surface area contributed by atoms with E-state index in [0.29, 0.717) is 36.8 Å². The molecule has 1 heterocycles. The number of ether oxygens (including phenoxy) is 2. The number of carbonyl (C=O) groups is 1. The first kappa shape index (κ1) is 17.1. The molecule has 1 aliphatic heterocycles. The summed E-state index contributed by atoms with van der Waals surface area (Å²) < 4.78 is 48.4. The van der Waals surface area contributed by atoms with Crippen LogP contribution in [0.15, 0.2) is 42.5 Å². The number of nitrogens with one attached hydrogen (secondary N) is 1. The Bertz CT molecular complexity index is 757. The van der Waals surface area contributed by atoms with Crippen molar-refractivity contribution in [2.24, 2.45) is 0 Å². The molecule has 1 N–H and O–H groups in total. The molecular weight excluding hydrogens is 335 g/mol. The monoisotopic (exact) mass is 351 g/mol. The van der Waals surface area contributed by atoms with Gasteiger partial charge in [0.15, 0.2) is 11.5 Å². The first-order valence-electron chi connectivity index (χ1n) is 7.73. The van der Waals surface area contributed by atoms with Gasteiger partial charge in [0.2, 0.25) is 5.91 Å². The summed E-state index contributed by atoms with van der Waals surface area (Å²) in [5.74, 6) is 1.04. The minimum atomic E-state index is -4.38. The second-order valence-corrected chi connectivity index (χ2v) is 5.63. The normalized spacial score (nSPS) is 13.4. The van der Waals surface area contributed by atoms with Crippen LogP contribution in [0.2, 0.25) is 0 Å². The van der Waals surface area contributed by atoms with E-state index in [0.717, 1.165) is 17.7 Å². The third-order valence-corrected chi connectivity index (χ3v) is 3.74. The molecule has 0 bridgehead atoms. The number of alkyl halides is 3. The summed E-state index contributed by atoms with van der Waals surface area (Å²) in [6.07, 6.45) is -4.36. The zero-order chi connectivity index (χ0) is 17.9. The molecule has 0 radical (unpaired) electrons. The van der Waals surface area contributed by atoms with Gasteiger partial charge in [0.05, 0.1) is 12.0 Å². The quantitative estimate of drug-likeness (QED) is 0.919. The van der Waals surface area contributed by atoms with E-state index in [1.807, 2.05) is 6.07 Å². The Kier molecular flexibility index (Phi) is 4.83. The maximum Gasteiger partial charge on any atom is 0.416 e. The van der Waals surface area contributed by atoms with Gasteiger partial charge in [-0.1, -0.05) is 18.2 Å². The Morgan fingerprint density at radius 3 is 2.28 bits per heavy atom. The standard InChI is InChI=1S/C18H16F3NO3/c19-18(20,21)14-4-1-12(2-5-14)10-17(23)22-11-13-3-6-15-16(9-13)25-8-7-24-15/h1-6,9H,7-8,10-11H2,(H,22,23). The van der Waals surface area contributed by atoms with Crippen LogP contribution in [0.25, 0.3) is 0 Å². The average molecular weight is 351 g/mol. The Morgan fingerprint density at radius 1 is 0.960 bits per heavy atom. The minimum absolute atomic E-state index is 0.0166. The first-order chi connectivity index (χ1) is 11.9. The lowest BCUT2D eigenvalue weighted by atomic mass is 10.1. The first-order valence-corrected chi connectivity index (χ1v) is 7.73. The van der Waals surface area contributed by atoms with Crippen LogP contribution in [-0.2, 0) is 23.9 Å². The summed E-state index contributed by atoms with van der Waals surface area (Å²) in [5, 5.41) is 2.74. The molecule has 0 aliphatic carbocycles. The van der Waals surface area contributed by atoms with Crippen molar-refractivity contribution in [3.63, 3.8) is 0 Å². The highest BCUT2D eigenvalue weighted by Crippen LogP contribution is 2.31. The van der Waals surface area contributed by atoms with Gasteiger partial charge < -0.3 is 14.8 Å². The van der Waals surface area contributed by atoms with Crippen molar-refractivity contribution < 1.29 is 27.4 Å². The van der Waals surface area contributed by atoms with Crippen LogP contribution in [-0.4, -0.2) is 19.1 Å². The fourth-order valence-electron chi connectivity index (χ4n) is 2.46. The maximum absolute atomic E-state index is 12.5. The van der Waals surface area contributed by atoms with Crippen molar-refractivity contribution in [1.29, 1.82) is 0 Å². The third kappa shape index (κ3) is 4.43. The molecule has 0 spiro atoms. The average Bonchev–Trinajstić information content (AvgIpc) is 2.59. The molecule has 0 fully saturated rings. The number of carbonyl (C=O) groups excluding carboxylic acids is 1. The molecule has 0 unspecified atom stereocenters. The van der Waals surface area contributed by atoms with Crippen LogP contribution < -0.4 is 14.8 Å².